The number of rotatable bonds is 5. The van der Waals surface area contributed by atoms with E-state index in [2.05, 4.69) is 20.2 Å². The summed E-state index contributed by atoms with van der Waals surface area (Å²) in [5.41, 5.74) is 2.68. The van der Waals surface area contributed by atoms with Gasteiger partial charge in [-0.25, -0.2) is 9.97 Å². The zero-order valence-corrected chi connectivity index (χ0v) is 15.7. The second kappa shape index (κ2) is 7.62. The summed E-state index contributed by atoms with van der Waals surface area (Å²) in [4.78, 5) is 22.9. The fraction of sp³-hybridized carbons (Fsp3) is 0.136. The molecule has 0 saturated carbocycles. The zero-order valence-electron chi connectivity index (χ0n) is 15.7. The molecule has 0 aliphatic rings. The topological polar surface area (TPSA) is 71.3 Å². The molecule has 28 heavy (non-hydrogen) atoms. The molecule has 0 saturated heterocycles. The fourth-order valence-corrected chi connectivity index (χ4v) is 3.04. The van der Waals surface area contributed by atoms with Crippen molar-refractivity contribution in [1.82, 2.24) is 14.9 Å². The van der Waals surface area contributed by atoms with Crippen molar-refractivity contribution >= 4 is 22.5 Å². The van der Waals surface area contributed by atoms with Crippen LogP contribution in [0.15, 0.2) is 71.7 Å². The number of hydrogen-bond donors (Lipinski definition) is 1. The zero-order chi connectivity index (χ0) is 19.5. The summed E-state index contributed by atoms with van der Waals surface area (Å²) in [5.74, 6) is 1.02. The van der Waals surface area contributed by atoms with Gasteiger partial charge in [0.2, 0.25) is 0 Å². The van der Waals surface area contributed by atoms with Crippen LogP contribution in [0.2, 0.25) is 0 Å². The molecule has 0 bridgehead atoms. The minimum Gasteiger partial charge on any atom is -0.444 e. The van der Waals surface area contributed by atoms with Crippen LogP contribution in [0.1, 0.15) is 15.9 Å². The standard InChI is InChI=1S/C22H20N4O2/c1-26(2)13-15-3-5-16(6-4-15)22(27)25-21-10-19-9-17(20-12-23-14-28-20)7-8-18(19)11-24-21/h3-12,14H,13H2,1-2H3,(H,24,25,27). The Morgan fingerprint density at radius 2 is 1.86 bits per heavy atom. The molecule has 0 atom stereocenters. The molecule has 0 radical (unpaired) electrons. The highest BCUT2D eigenvalue weighted by atomic mass is 16.3. The number of nitrogens with zero attached hydrogens (tertiary/aromatic N) is 3. The maximum Gasteiger partial charge on any atom is 0.256 e. The number of amides is 1. The van der Waals surface area contributed by atoms with E-state index in [1.165, 1.54) is 6.39 Å². The normalized spacial score (nSPS) is 11.1. The van der Waals surface area contributed by atoms with Gasteiger partial charge in [0.25, 0.3) is 5.91 Å². The second-order valence-corrected chi connectivity index (χ2v) is 6.89. The van der Waals surface area contributed by atoms with Crippen molar-refractivity contribution in [2.45, 2.75) is 6.54 Å². The predicted octanol–water partition coefficient (Wildman–Crippen LogP) is 4.20. The van der Waals surface area contributed by atoms with E-state index in [9.17, 15) is 4.79 Å². The molecule has 6 nitrogen and oxygen atoms in total. The number of aromatic nitrogens is 2. The minimum absolute atomic E-state index is 0.186. The van der Waals surface area contributed by atoms with Gasteiger partial charge in [-0.15, -0.1) is 0 Å². The van der Waals surface area contributed by atoms with E-state index in [4.69, 9.17) is 4.42 Å². The molecule has 1 N–H and O–H groups in total. The lowest BCUT2D eigenvalue weighted by Crippen LogP contribution is -2.14. The first-order valence-corrected chi connectivity index (χ1v) is 8.92. The van der Waals surface area contributed by atoms with Crippen LogP contribution in [0.25, 0.3) is 22.1 Å². The molecule has 0 unspecified atom stereocenters. The van der Waals surface area contributed by atoms with Crippen molar-refractivity contribution in [3.63, 3.8) is 0 Å². The lowest BCUT2D eigenvalue weighted by atomic mass is 10.1. The Morgan fingerprint density at radius 1 is 1.04 bits per heavy atom. The summed E-state index contributed by atoms with van der Waals surface area (Å²) in [5, 5.41) is 4.81. The number of hydrogen-bond acceptors (Lipinski definition) is 5. The van der Waals surface area contributed by atoms with Crippen LogP contribution in [-0.2, 0) is 6.54 Å². The van der Waals surface area contributed by atoms with Crippen molar-refractivity contribution < 1.29 is 9.21 Å². The van der Waals surface area contributed by atoms with E-state index >= 15 is 0 Å². The molecule has 0 aliphatic heterocycles. The van der Waals surface area contributed by atoms with Gasteiger partial charge in [-0.1, -0.05) is 24.3 Å². The quantitative estimate of drug-likeness (QED) is 0.568. The number of carbonyl (C=O) groups is 1. The number of nitrogens with one attached hydrogen (secondary N) is 1. The lowest BCUT2D eigenvalue weighted by Gasteiger charge is -2.10. The molecule has 2 aromatic heterocycles. The van der Waals surface area contributed by atoms with Gasteiger partial charge in [0.05, 0.1) is 6.20 Å². The molecular weight excluding hydrogens is 352 g/mol. The first kappa shape index (κ1) is 17.9. The summed E-state index contributed by atoms with van der Waals surface area (Å²) in [7, 11) is 4.03. The van der Waals surface area contributed by atoms with Crippen LogP contribution in [-0.4, -0.2) is 34.9 Å². The summed E-state index contributed by atoms with van der Waals surface area (Å²) in [6.45, 7) is 0.835. The van der Waals surface area contributed by atoms with Gasteiger partial charge in [0.15, 0.2) is 12.2 Å². The van der Waals surface area contributed by atoms with Crippen molar-refractivity contribution in [3.05, 3.63) is 78.4 Å². The van der Waals surface area contributed by atoms with Crippen LogP contribution < -0.4 is 5.32 Å². The number of oxazole rings is 1. The van der Waals surface area contributed by atoms with E-state index in [0.717, 1.165) is 28.4 Å². The van der Waals surface area contributed by atoms with E-state index in [-0.39, 0.29) is 5.91 Å². The van der Waals surface area contributed by atoms with Crippen LogP contribution >= 0.6 is 0 Å². The van der Waals surface area contributed by atoms with Gasteiger partial charge in [-0.05, 0) is 49.3 Å². The summed E-state index contributed by atoms with van der Waals surface area (Å²) < 4.78 is 5.36. The Hall–Kier alpha value is -3.51. The SMILES string of the molecule is CN(C)Cc1ccc(C(=O)Nc2cc3cc(-c4cnco4)ccc3cn2)cc1. The Bertz CT molecular complexity index is 1100. The van der Waals surface area contributed by atoms with E-state index in [0.29, 0.717) is 17.1 Å². The number of fused-ring (bicyclic) bond motifs is 1. The Labute approximate surface area is 162 Å². The predicted molar refractivity (Wildman–Crippen MR) is 109 cm³/mol. The van der Waals surface area contributed by atoms with Crippen LogP contribution in [0.4, 0.5) is 5.82 Å². The number of anilines is 1. The van der Waals surface area contributed by atoms with Crippen LogP contribution in [0.5, 0.6) is 0 Å². The maximum atomic E-state index is 12.6. The molecule has 4 aromatic rings. The van der Waals surface area contributed by atoms with Crippen molar-refractivity contribution in [2.75, 3.05) is 19.4 Å². The van der Waals surface area contributed by atoms with E-state index in [1.54, 1.807) is 12.4 Å². The van der Waals surface area contributed by atoms with E-state index < -0.39 is 0 Å². The lowest BCUT2D eigenvalue weighted by molar-refractivity contribution is 0.102. The van der Waals surface area contributed by atoms with Crippen LogP contribution in [0, 0.1) is 0 Å². The summed E-state index contributed by atoms with van der Waals surface area (Å²) in [6.07, 6.45) is 4.82. The molecule has 0 aliphatic carbocycles. The molecule has 2 aromatic carbocycles. The molecular formula is C22H20N4O2. The van der Waals surface area contributed by atoms with Crippen molar-refractivity contribution in [3.8, 4) is 11.3 Å². The summed E-state index contributed by atoms with van der Waals surface area (Å²) >= 11 is 0. The van der Waals surface area contributed by atoms with Crippen LogP contribution in [0.3, 0.4) is 0 Å². The first-order chi connectivity index (χ1) is 13.6. The number of benzene rings is 2. The van der Waals surface area contributed by atoms with Gasteiger partial charge in [0, 0.05) is 29.3 Å². The Morgan fingerprint density at radius 3 is 2.57 bits per heavy atom. The Kier molecular flexibility index (Phi) is 4.87. The second-order valence-electron chi connectivity index (χ2n) is 6.89. The monoisotopic (exact) mass is 372 g/mol. The van der Waals surface area contributed by atoms with Gasteiger partial charge < -0.3 is 14.6 Å². The average Bonchev–Trinajstić information content (AvgIpc) is 3.22. The highest BCUT2D eigenvalue weighted by molar-refractivity contribution is 6.04. The van der Waals surface area contributed by atoms with Gasteiger partial charge in [-0.3, -0.25) is 4.79 Å². The highest BCUT2D eigenvalue weighted by Crippen LogP contribution is 2.25. The van der Waals surface area contributed by atoms with Crippen molar-refractivity contribution in [1.29, 1.82) is 0 Å². The summed E-state index contributed by atoms with van der Waals surface area (Å²) in [6, 6.07) is 15.4. The van der Waals surface area contributed by atoms with Gasteiger partial charge in [-0.2, -0.15) is 0 Å². The third-order valence-corrected chi connectivity index (χ3v) is 4.40. The average molecular weight is 372 g/mol. The number of pyridine rings is 1. The molecule has 4 rings (SSSR count). The molecule has 0 fully saturated rings. The minimum atomic E-state index is -0.186. The molecule has 1 amide bonds. The molecule has 6 heteroatoms. The maximum absolute atomic E-state index is 12.6. The largest absolute Gasteiger partial charge is 0.444 e. The first-order valence-electron chi connectivity index (χ1n) is 8.92. The molecule has 2 heterocycles. The van der Waals surface area contributed by atoms with Gasteiger partial charge >= 0.3 is 0 Å². The number of carbonyl (C=O) groups excluding carboxylic acids is 1. The highest BCUT2D eigenvalue weighted by Gasteiger charge is 2.09. The third kappa shape index (κ3) is 3.92. The Balaban J connectivity index is 1.54. The third-order valence-electron chi connectivity index (χ3n) is 4.40. The fourth-order valence-electron chi connectivity index (χ4n) is 3.04. The van der Waals surface area contributed by atoms with Gasteiger partial charge in [0.1, 0.15) is 5.82 Å². The molecule has 0 spiro atoms. The smallest absolute Gasteiger partial charge is 0.256 e. The van der Waals surface area contributed by atoms with E-state index in [1.807, 2.05) is 62.6 Å². The molecule has 140 valence electrons. The van der Waals surface area contributed by atoms with Crippen molar-refractivity contribution in [2.24, 2.45) is 0 Å².